The van der Waals surface area contributed by atoms with Crippen LogP contribution in [0.25, 0.3) is 0 Å². The topological polar surface area (TPSA) is 78.3 Å². The second kappa shape index (κ2) is 11.0. The third-order valence-corrected chi connectivity index (χ3v) is 7.25. The Balaban J connectivity index is 1.58. The van der Waals surface area contributed by atoms with Crippen LogP contribution in [-0.2, 0) is 9.53 Å². The third-order valence-electron chi connectivity index (χ3n) is 5.69. The molecule has 182 valence electrons. The monoisotopic (exact) mass is 603 g/mol. The number of ether oxygens (including phenoxy) is 1. The van der Waals surface area contributed by atoms with E-state index in [2.05, 4.69) is 41.9 Å². The maximum absolute atomic E-state index is 13.7. The van der Waals surface area contributed by atoms with Crippen LogP contribution in [0.4, 0.5) is 5.69 Å². The molecule has 2 amide bonds. The highest BCUT2D eigenvalue weighted by molar-refractivity contribution is 14.1. The summed E-state index contributed by atoms with van der Waals surface area (Å²) in [5.41, 5.74) is 3.36. The van der Waals surface area contributed by atoms with Gasteiger partial charge in [0.2, 0.25) is 0 Å². The van der Waals surface area contributed by atoms with E-state index in [1.165, 1.54) is 0 Å². The lowest BCUT2D eigenvalue weighted by atomic mass is 10.1. The smallest absolute Gasteiger partial charge is 0.275 e. The van der Waals surface area contributed by atoms with Crippen molar-refractivity contribution in [2.45, 2.75) is 10.5 Å². The molecule has 10 heteroatoms. The average Bonchev–Trinajstić information content (AvgIpc) is 3.10. The van der Waals surface area contributed by atoms with Crippen LogP contribution in [0.2, 0.25) is 0 Å². The van der Waals surface area contributed by atoms with Gasteiger partial charge in [0.25, 0.3) is 11.8 Å². The summed E-state index contributed by atoms with van der Waals surface area (Å²) in [5, 5.41) is 6.35. The molecule has 2 unspecified atom stereocenters. The molecule has 4 rings (SSSR count). The van der Waals surface area contributed by atoms with E-state index >= 15 is 0 Å². The van der Waals surface area contributed by atoms with Gasteiger partial charge in [-0.15, -0.1) is 0 Å². The summed E-state index contributed by atoms with van der Waals surface area (Å²) >= 11 is 2.22. The number of hydrogen-bond donors (Lipinski definition) is 0. The lowest BCUT2D eigenvalue weighted by Gasteiger charge is -2.47. The van der Waals surface area contributed by atoms with Crippen LogP contribution >= 0.6 is 31.8 Å². The number of carbonyl (C=O) groups is 2. The third kappa shape index (κ3) is 5.79. The number of pyridine rings is 1. The van der Waals surface area contributed by atoms with E-state index in [9.17, 15) is 9.59 Å². The minimum Gasteiger partial charge on any atom is -0.381 e. The SMILES string of the molecule is COCC1(I)CN(C(=O)c2cccc(P)n2)CCN1C(=O)C1=NN(c2cccc(C)c2)C=CC=C1. The van der Waals surface area contributed by atoms with Crippen LogP contribution in [-0.4, -0.2) is 69.2 Å². The first-order chi connectivity index (χ1) is 16.8. The molecule has 1 saturated heterocycles. The highest BCUT2D eigenvalue weighted by Crippen LogP contribution is 2.31. The highest BCUT2D eigenvalue weighted by atomic mass is 127. The molecule has 35 heavy (non-hydrogen) atoms. The molecule has 0 saturated carbocycles. The summed E-state index contributed by atoms with van der Waals surface area (Å²) in [6.45, 7) is 3.32. The van der Waals surface area contributed by atoms with Gasteiger partial charge in [-0.05, 0) is 48.9 Å². The van der Waals surface area contributed by atoms with Gasteiger partial charge in [0.1, 0.15) is 15.0 Å². The zero-order valence-electron chi connectivity index (χ0n) is 19.6. The molecule has 0 aliphatic carbocycles. The maximum Gasteiger partial charge on any atom is 0.275 e. The number of aryl methyl sites for hydroxylation is 1. The van der Waals surface area contributed by atoms with Crippen molar-refractivity contribution in [1.82, 2.24) is 14.8 Å². The fourth-order valence-electron chi connectivity index (χ4n) is 4.04. The van der Waals surface area contributed by atoms with Crippen molar-refractivity contribution in [3.63, 3.8) is 0 Å². The summed E-state index contributed by atoms with van der Waals surface area (Å²) in [7, 11) is 4.10. The van der Waals surface area contributed by atoms with Crippen molar-refractivity contribution in [3.05, 3.63) is 78.1 Å². The van der Waals surface area contributed by atoms with E-state index in [0.29, 0.717) is 36.5 Å². The molecule has 2 aliphatic heterocycles. The van der Waals surface area contributed by atoms with Crippen molar-refractivity contribution in [2.75, 3.05) is 38.4 Å². The van der Waals surface area contributed by atoms with Gasteiger partial charge in [-0.2, -0.15) is 5.10 Å². The van der Waals surface area contributed by atoms with E-state index in [4.69, 9.17) is 4.74 Å². The fraction of sp³-hybridized carbons (Fsp3) is 0.280. The molecule has 0 spiro atoms. The second-order valence-corrected chi connectivity index (χ2v) is 11.0. The molecule has 1 fully saturated rings. The molecule has 2 aliphatic rings. The Kier molecular flexibility index (Phi) is 7.98. The number of nitrogens with zero attached hydrogens (tertiary/aromatic N) is 5. The van der Waals surface area contributed by atoms with Crippen molar-refractivity contribution in [3.8, 4) is 0 Å². The number of benzene rings is 1. The van der Waals surface area contributed by atoms with E-state index in [1.807, 2.05) is 49.5 Å². The number of methoxy groups -OCH3 is 1. The quantitative estimate of drug-likeness (QED) is 0.228. The van der Waals surface area contributed by atoms with Crippen LogP contribution in [0.5, 0.6) is 0 Å². The first kappa shape index (κ1) is 25.5. The Labute approximate surface area is 221 Å². The molecule has 2 aromatic rings. The van der Waals surface area contributed by atoms with Crippen LogP contribution in [0.3, 0.4) is 0 Å². The largest absolute Gasteiger partial charge is 0.381 e. The van der Waals surface area contributed by atoms with Gasteiger partial charge < -0.3 is 14.5 Å². The standard InChI is InChI=1S/C25H27IN5O3P/c1-18-7-5-8-19(15-18)31-12-4-3-9-21(28-31)24(33)30-14-13-29(16-25(30,26)17-34-2)23(32)20-10-6-11-22(35)27-20/h3-12,15H,13-14,16-17,35H2,1-2H3. The normalized spacial score (nSPS) is 20.0. The first-order valence-corrected chi connectivity index (χ1v) is 12.8. The van der Waals surface area contributed by atoms with Crippen LogP contribution in [0.1, 0.15) is 16.1 Å². The number of piperazine rings is 1. The molecular weight excluding hydrogens is 576 g/mol. The van der Waals surface area contributed by atoms with Crippen LogP contribution in [0, 0.1) is 6.92 Å². The molecule has 2 atom stereocenters. The van der Waals surface area contributed by atoms with Gasteiger partial charge in [0.15, 0.2) is 0 Å². The van der Waals surface area contributed by atoms with Gasteiger partial charge >= 0.3 is 0 Å². The molecular formula is C25H27IN5O3P. The Morgan fingerprint density at radius 3 is 2.69 bits per heavy atom. The van der Waals surface area contributed by atoms with Gasteiger partial charge in [-0.25, -0.2) is 9.99 Å². The molecule has 0 bridgehead atoms. The van der Waals surface area contributed by atoms with E-state index in [1.54, 1.807) is 46.2 Å². The van der Waals surface area contributed by atoms with Gasteiger partial charge in [0.05, 0.1) is 24.3 Å². The summed E-state index contributed by atoms with van der Waals surface area (Å²) in [5.74, 6) is -0.383. The van der Waals surface area contributed by atoms with Crippen molar-refractivity contribution in [2.24, 2.45) is 5.10 Å². The zero-order valence-corrected chi connectivity index (χ0v) is 22.9. The van der Waals surface area contributed by atoms with Crippen molar-refractivity contribution < 1.29 is 14.3 Å². The Morgan fingerprint density at radius 1 is 1.14 bits per heavy atom. The minimum atomic E-state index is -0.764. The lowest BCUT2D eigenvalue weighted by molar-refractivity contribution is -0.130. The number of hydrogen-bond acceptors (Lipinski definition) is 6. The number of allylic oxidation sites excluding steroid dienone is 2. The summed E-state index contributed by atoms with van der Waals surface area (Å²) in [6, 6.07) is 13.3. The number of aromatic nitrogens is 1. The summed E-state index contributed by atoms with van der Waals surface area (Å²) in [4.78, 5) is 34.7. The predicted molar refractivity (Wildman–Crippen MR) is 149 cm³/mol. The molecule has 8 nitrogen and oxygen atoms in total. The van der Waals surface area contributed by atoms with E-state index in [0.717, 1.165) is 11.3 Å². The maximum atomic E-state index is 13.7. The number of rotatable bonds is 5. The molecule has 3 heterocycles. The number of carbonyl (C=O) groups excluding carboxylic acids is 2. The first-order valence-electron chi connectivity index (χ1n) is 11.1. The van der Waals surface area contributed by atoms with E-state index < -0.39 is 3.55 Å². The number of anilines is 1. The molecule has 0 N–H and O–H groups in total. The van der Waals surface area contributed by atoms with Crippen LogP contribution < -0.4 is 10.4 Å². The Morgan fingerprint density at radius 2 is 1.94 bits per heavy atom. The fourth-order valence-corrected chi connectivity index (χ4v) is 5.47. The van der Waals surface area contributed by atoms with Crippen molar-refractivity contribution >= 4 is 60.5 Å². The Bertz CT molecular complexity index is 1220. The number of amides is 2. The summed E-state index contributed by atoms with van der Waals surface area (Å²) in [6.07, 6.45) is 7.19. The number of alkyl halides is 1. The number of hydrazone groups is 1. The minimum absolute atomic E-state index is 0.167. The molecule has 0 radical (unpaired) electrons. The molecule has 1 aromatic carbocycles. The van der Waals surface area contributed by atoms with Gasteiger partial charge in [-0.3, -0.25) is 9.59 Å². The Hall–Kier alpha value is -2.62. The van der Waals surface area contributed by atoms with E-state index in [-0.39, 0.29) is 18.4 Å². The lowest BCUT2D eigenvalue weighted by Crippen LogP contribution is -2.64. The van der Waals surface area contributed by atoms with Crippen LogP contribution in [0.15, 0.2) is 72.0 Å². The number of halogens is 1. The highest BCUT2D eigenvalue weighted by Gasteiger charge is 2.45. The van der Waals surface area contributed by atoms with Gasteiger partial charge in [-0.1, -0.05) is 56.1 Å². The molecule has 1 aromatic heterocycles. The predicted octanol–water partition coefficient (Wildman–Crippen LogP) is 2.90. The average molecular weight is 603 g/mol. The van der Waals surface area contributed by atoms with Gasteiger partial charge in [0, 0.05) is 26.4 Å². The van der Waals surface area contributed by atoms with Crippen molar-refractivity contribution in [1.29, 1.82) is 0 Å². The second-order valence-electron chi connectivity index (χ2n) is 8.35. The zero-order chi connectivity index (χ0) is 25.0. The summed E-state index contributed by atoms with van der Waals surface area (Å²) < 4.78 is 4.73.